The Labute approximate surface area is 150 Å². The number of nitrogens with one attached hydrogen (secondary N) is 2. The highest BCUT2D eigenvalue weighted by molar-refractivity contribution is 6.00. The monoisotopic (exact) mass is 383 g/mol. The SMILES string of the molecule is O=C1N[C@@H](c2ccc(F)cc2)[C@@H](C(=O)c2cccnc2)[C@@](O)(C(F)(F)F)N1. The second kappa shape index (κ2) is 6.62. The Kier molecular flexibility index (Phi) is 4.60. The molecule has 0 aliphatic carbocycles. The molecule has 0 saturated carbocycles. The fourth-order valence-corrected chi connectivity index (χ4v) is 2.97. The molecule has 6 nitrogen and oxygen atoms in total. The van der Waals surface area contributed by atoms with Gasteiger partial charge in [0, 0.05) is 18.0 Å². The highest BCUT2D eigenvalue weighted by Gasteiger charge is 2.66. The van der Waals surface area contributed by atoms with Gasteiger partial charge < -0.3 is 15.7 Å². The van der Waals surface area contributed by atoms with E-state index in [0.29, 0.717) is 0 Å². The fraction of sp³-hybridized carbons (Fsp3) is 0.235. The Hall–Kier alpha value is -3.01. The van der Waals surface area contributed by atoms with Crippen LogP contribution < -0.4 is 10.6 Å². The molecule has 27 heavy (non-hydrogen) atoms. The predicted octanol–water partition coefficient (Wildman–Crippen LogP) is 2.32. The Morgan fingerprint density at radius 2 is 1.85 bits per heavy atom. The molecular weight excluding hydrogens is 370 g/mol. The van der Waals surface area contributed by atoms with E-state index in [0.717, 1.165) is 30.5 Å². The molecule has 0 radical (unpaired) electrons. The molecule has 1 saturated heterocycles. The number of carbonyl (C=O) groups is 2. The van der Waals surface area contributed by atoms with E-state index in [1.807, 2.05) is 0 Å². The van der Waals surface area contributed by atoms with E-state index < -0.39 is 41.5 Å². The molecule has 1 fully saturated rings. The number of nitrogens with zero attached hydrogens (tertiary/aromatic N) is 1. The van der Waals surface area contributed by atoms with Crippen LogP contribution >= 0.6 is 0 Å². The van der Waals surface area contributed by atoms with Crippen molar-refractivity contribution >= 4 is 11.8 Å². The lowest BCUT2D eigenvalue weighted by Crippen LogP contribution is -2.72. The van der Waals surface area contributed by atoms with Crippen molar-refractivity contribution in [3.63, 3.8) is 0 Å². The maximum absolute atomic E-state index is 13.7. The van der Waals surface area contributed by atoms with Gasteiger partial charge in [-0.3, -0.25) is 9.78 Å². The number of urea groups is 1. The molecule has 3 rings (SSSR count). The zero-order chi connectivity index (χ0) is 19.8. The number of ketones is 1. The quantitative estimate of drug-likeness (QED) is 0.561. The number of hydrogen-bond acceptors (Lipinski definition) is 4. The summed E-state index contributed by atoms with van der Waals surface area (Å²) in [5.74, 6) is -3.92. The van der Waals surface area contributed by atoms with Crippen LogP contribution in [0.3, 0.4) is 0 Å². The average Bonchev–Trinajstić information content (AvgIpc) is 2.61. The molecule has 3 atom stereocenters. The van der Waals surface area contributed by atoms with Crippen LogP contribution in [0.5, 0.6) is 0 Å². The maximum Gasteiger partial charge on any atom is 0.437 e. The molecule has 3 N–H and O–H groups in total. The minimum absolute atomic E-state index is 0.0242. The molecule has 1 aromatic heterocycles. The summed E-state index contributed by atoms with van der Waals surface area (Å²) < 4.78 is 54.2. The third-order valence-electron chi connectivity index (χ3n) is 4.26. The molecule has 2 aromatic rings. The number of rotatable bonds is 3. The smallest absolute Gasteiger partial charge is 0.363 e. The summed E-state index contributed by atoms with van der Waals surface area (Å²) in [6, 6.07) is 3.92. The van der Waals surface area contributed by atoms with Crippen LogP contribution in [0.2, 0.25) is 0 Å². The minimum Gasteiger partial charge on any atom is -0.363 e. The zero-order valence-electron chi connectivity index (χ0n) is 13.5. The van der Waals surface area contributed by atoms with Crippen LogP contribution in [0.25, 0.3) is 0 Å². The van der Waals surface area contributed by atoms with Crippen molar-refractivity contribution < 1.29 is 32.3 Å². The number of carbonyl (C=O) groups excluding carboxylic acids is 2. The summed E-state index contributed by atoms with van der Waals surface area (Å²) >= 11 is 0. The lowest BCUT2D eigenvalue weighted by molar-refractivity contribution is -0.287. The van der Waals surface area contributed by atoms with E-state index in [1.54, 1.807) is 0 Å². The number of alkyl halides is 3. The van der Waals surface area contributed by atoms with Gasteiger partial charge in [-0.15, -0.1) is 0 Å². The number of aliphatic hydroxyl groups is 1. The van der Waals surface area contributed by atoms with Crippen molar-refractivity contribution in [1.82, 2.24) is 15.6 Å². The second-order valence-electron chi connectivity index (χ2n) is 5.98. The largest absolute Gasteiger partial charge is 0.437 e. The summed E-state index contributed by atoms with van der Waals surface area (Å²) in [5, 5.41) is 14.0. The molecule has 0 spiro atoms. The van der Waals surface area contributed by atoms with Gasteiger partial charge in [0.15, 0.2) is 5.78 Å². The first-order valence-electron chi connectivity index (χ1n) is 7.71. The molecule has 0 unspecified atom stereocenters. The maximum atomic E-state index is 13.7. The number of aromatic nitrogens is 1. The Balaban J connectivity index is 2.15. The van der Waals surface area contributed by atoms with E-state index in [-0.39, 0.29) is 11.1 Å². The van der Waals surface area contributed by atoms with Crippen molar-refractivity contribution in [2.75, 3.05) is 0 Å². The van der Waals surface area contributed by atoms with Crippen molar-refractivity contribution in [1.29, 1.82) is 0 Å². The third kappa shape index (κ3) is 3.35. The molecule has 2 amide bonds. The third-order valence-corrected chi connectivity index (χ3v) is 4.26. The number of benzene rings is 1. The summed E-state index contributed by atoms with van der Waals surface area (Å²) in [6.45, 7) is 0. The highest BCUT2D eigenvalue weighted by Crippen LogP contribution is 2.43. The number of halogens is 4. The summed E-state index contributed by atoms with van der Waals surface area (Å²) in [7, 11) is 0. The highest BCUT2D eigenvalue weighted by atomic mass is 19.4. The first-order valence-corrected chi connectivity index (χ1v) is 7.71. The Morgan fingerprint density at radius 3 is 2.41 bits per heavy atom. The molecule has 1 aliphatic rings. The molecular formula is C17H13F4N3O3. The van der Waals surface area contributed by atoms with Gasteiger partial charge in [-0.25, -0.2) is 9.18 Å². The summed E-state index contributed by atoms with van der Waals surface area (Å²) in [6.07, 6.45) is -2.98. The van der Waals surface area contributed by atoms with E-state index in [2.05, 4.69) is 10.3 Å². The van der Waals surface area contributed by atoms with Gasteiger partial charge in [-0.2, -0.15) is 13.2 Å². The molecule has 1 aromatic carbocycles. The number of amides is 2. The number of Topliss-reactive ketones (excluding diaryl/α,β-unsaturated/α-hetero) is 1. The Bertz CT molecular complexity index is 858. The van der Waals surface area contributed by atoms with Gasteiger partial charge in [0.05, 0.1) is 6.04 Å². The predicted molar refractivity (Wildman–Crippen MR) is 83.9 cm³/mol. The van der Waals surface area contributed by atoms with Gasteiger partial charge in [0.25, 0.3) is 0 Å². The van der Waals surface area contributed by atoms with Crippen LogP contribution in [0.4, 0.5) is 22.4 Å². The van der Waals surface area contributed by atoms with E-state index in [9.17, 15) is 32.3 Å². The van der Waals surface area contributed by atoms with Gasteiger partial charge in [-0.1, -0.05) is 12.1 Å². The van der Waals surface area contributed by atoms with Crippen LogP contribution in [0, 0.1) is 11.7 Å². The van der Waals surface area contributed by atoms with Gasteiger partial charge in [0.1, 0.15) is 11.7 Å². The van der Waals surface area contributed by atoms with Crippen molar-refractivity contribution in [3.8, 4) is 0 Å². The van der Waals surface area contributed by atoms with E-state index in [1.165, 1.54) is 23.6 Å². The molecule has 2 heterocycles. The molecule has 0 bridgehead atoms. The molecule has 142 valence electrons. The van der Waals surface area contributed by atoms with E-state index >= 15 is 0 Å². The topological polar surface area (TPSA) is 91.3 Å². The van der Waals surface area contributed by atoms with Gasteiger partial charge in [-0.05, 0) is 29.8 Å². The minimum atomic E-state index is -5.36. The molecule has 1 aliphatic heterocycles. The molecule has 10 heteroatoms. The summed E-state index contributed by atoms with van der Waals surface area (Å²) in [5.41, 5.74) is -3.99. The lowest BCUT2D eigenvalue weighted by Gasteiger charge is -2.45. The number of pyridine rings is 1. The van der Waals surface area contributed by atoms with Gasteiger partial charge >= 0.3 is 12.2 Å². The van der Waals surface area contributed by atoms with Crippen molar-refractivity contribution in [2.24, 2.45) is 5.92 Å². The summed E-state index contributed by atoms with van der Waals surface area (Å²) in [4.78, 5) is 28.3. The fourth-order valence-electron chi connectivity index (χ4n) is 2.97. The first-order chi connectivity index (χ1) is 12.6. The van der Waals surface area contributed by atoms with Gasteiger partial charge in [0.2, 0.25) is 5.72 Å². The van der Waals surface area contributed by atoms with Crippen LogP contribution in [-0.4, -0.2) is 33.8 Å². The standard InChI is InChI=1S/C17H13F4N3O3/c18-11-5-3-9(4-6-11)13-12(14(25)10-2-1-7-22-8-10)16(27,17(19,20)21)24-15(26)23-13/h1-8,12-13,27H,(H2,23,24,26)/t12-,13-,16+/m0/s1. The average molecular weight is 383 g/mol. The van der Waals surface area contributed by atoms with Crippen molar-refractivity contribution in [2.45, 2.75) is 17.9 Å². The van der Waals surface area contributed by atoms with E-state index in [4.69, 9.17) is 0 Å². The van der Waals surface area contributed by atoms with Crippen LogP contribution in [0.15, 0.2) is 48.8 Å². The lowest BCUT2D eigenvalue weighted by atomic mass is 9.77. The van der Waals surface area contributed by atoms with Crippen molar-refractivity contribution in [3.05, 3.63) is 65.7 Å². The van der Waals surface area contributed by atoms with Crippen LogP contribution in [0.1, 0.15) is 22.0 Å². The number of hydrogen-bond donors (Lipinski definition) is 3. The Morgan fingerprint density at radius 1 is 1.19 bits per heavy atom. The first kappa shape index (κ1) is 18.8. The second-order valence-corrected chi connectivity index (χ2v) is 5.98. The van der Waals surface area contributed by atoms with Crippen LogP contribution in [-0.2, 0) is 0 Å². The normalized spacial score (nSPS) is 25.4. The zero-order valence-corrected chi connectivity index (χ0v) is 13.5.